The molecule has 0 spiro atoms. The summed E-state index contributed by atoms with van der Waals surface area (Å²) in [6, 6.07) is 4.03. The first-order chi connectivity index (χ1) is 7.21. The molecule has 2 rings (SSSR count). The van der Waals surface area contributed by atoms with E-state index < -0.39 is 5.60 Å². The molecule has 15 heavy (non-hydrogen) atoms. The van der Waals surface area contributed by atoms with E-state index in [1.54, 1.807) is 11.3 Å². The minimum Gasteiger partial charge on any atom is -0.380 e. The maximum absolute atomic E-state index is 10.6. The van der Waals surface area contributed by atoms with Crippen LogP contribution in [0.3, 0.4) is 0 Å². The molecule has 0 aliphatic heterocycles. The monoisotopic (exact) mass is 222 g/mol. The lowest BCUT2D eigenvalue weighted by Crippen LogP contribution is -2.22. The molecule has 0 radical (unpaired) electrons. The molecule has 0 saturated carbocycles. The van der Waals surface area contributed by atoms with Gasteiger partial charge in [-0.05, 0) is 49.6 Å². The van der Waals surface area contributed by atoms with Gasteiger partial charge in [-0.3, -0.25) is 0 Å². The minimum atomic E-state index is -0.738. The van der Waals surface area contributed by atoms with Crippen LogP contribution in [0.5, 0.6) is 0 Å². The Bertz CT molecular complexity index is 335. The van der Waals surface area contributed by atoms with Crippen LogP contribution in [0.2, 0.25) is 0 Å². The van der Waals surface area contributed by atoms with Crippen LogP contribution in [0.1, 0.15) is 43.9 Å². The number of thiophene rings is 1. The molecule has 0 saturated heterocycles. The maximum Gasteiger partial charge on any atom is 0.117 e. The number of rotatable bonds is 2. The predicted molar refractivity (Wildman–Crippen MR) is 65.1 cm³/mol. The van der Waals surface area contributed by atoms with E-state index in [0.29, 0.717) is 0 Å². The van der Waals surface area contributed by atoms with Crippen LogP contribution in [0.4, 0.5) is 0 Å². The smallest absolute Gasteiger partial charge is 0.117 e. The van der Waals surface area contributed by atoms with Gasteiger partial charge in [0.1, 0.15) is 5.60 Å². The van der Waals surface area contributed by atoms with Gasteiger partial charge >= 0.3 is 0 Å². The normalized spacial score (nSPS) is 21.6. The fraction of sp³-hybridized carbons (Fsp3) is 0.538. The molecule has 1 atom stereocenters. The predicted octanol–water partition coefficient (Wildman–Crippen LogP) is 3.85. The van der Waals surface area contributed by atoms with E-state index in [1.165, 1.54) is 24.8 Å². The molecule has 1 aromatic rings. The largest absolute Gasteiger partial charge is 0.380 e. The van der Waals surface area contributed by atoms with Crippen LogP contribution in [-0.4, -0.2) is 5.11 Å². The van der Waals surface area contributed by atoms with Crippen LogP contribution in [0, 0.1) is 0 Å². The third-order valence-corrected chi connectivity index (χ3v) is 4.25. The van der Waals surface area contributed by atoms with E-state index in [4.69, 9.17) is 0 Å². The van der Waals surface area contributed by atoms with Crippen molar-refractivity contribution >= 4 is 11.3 Å². The quantitative estimate of drug-likeness (QED) is 0.754. The van der Waals surface area contributed by atoms with E-state index in [2.05, 4.69) is 6.08 Å². The topological polar surface area (TPSA) is 20.2 Å². The summed E-state index contributed by atoms with van der Waals surface area (Å²) in [6.45, 7) is 1.93. The Kier molecular flexibility index (Phi) is 3.27. The Morgan fingerprint density at radius 3 is 2.93 bits per heavy atom. The minimum absolute atomic E-state index is 0.738. The Morgan fingerprint density at radius 1 is 1.33 bits per heavy atom. The molecule has 1 unspecified atom stereocenters. The van der Waals surface area contributed by atoms with Crippen molar-refractivity contribution < 1.29 is 5.11 Å². The lowest BCUT2D eigenvalue weighted by Gasteiger charge is -2.25. The zero-order valence-electron chi connectivity index (χ0n) is 9.20. The summed E-state index contributed by atoms with van der Waals surface area (Å²) >= 11 is 1.64. The van der Waals surface area contributed by atoms with Gasteiger partial charge < -0.3 is 5.11 Å². The van der Waals surface area contributed by atoms with Gasteiger partial charge in [-0.1, -0.05) is 18.6 Å². The molecular weight excluding hydrogens is 204 g/mol. The summed E-state index contributed by atoms with van der Waals surface area (Å²) in [7, 11) is 0. The van der Waals surface area contributed by atoms with Gasteiger partial charge in [-0.25, -0.2) is 0 Å². The third-order valence-electron chi connectivity index (χ3n) is 3.17. The van der Waals surface area contributed by atoms with E-state index in [-0.39, 0.29) is 0 Å². The Labute approximate surface area is 95.5 Å². The highest BCUT2D eigenvalue weighted by Gasteiger charge is 2.28. The van der Waals surface area contributed by atoms with Crippen LogP contribution in [0.25, 0.3) is 0 Å². The van der Waals surface area contributed by atoms with Gasteiger partial charge in [-0.15, -0.1) is 11.3 Å². The van der Waals surface area contributed by atoms with E-state index in [1.807, 2.05) is 24.4 Å². The highest BCUT2D eigenvalue weighted by molar-refractivity contribution is 7.10. The van der Waals surface area contributed by atoms with Crippen molar-refractivity contribution in [3.8, 4) is 0 Å². The van der Waals surface area contributed by atoms with Crippen molar-refractivity contribution in [2.75, 3.05) is 0 Å². The molecule has 0 aromatic carbocycles. The molecule has 0 fully saturated rings. The molecule has 1 heterocycles. The van der Waals surface area contributed by atoms with Gasteiger partial charge in [0.2, 0.25) is 0 Å². The lowest BCUT2D eigenvalue weighted by molar-refractivity contribution is 0.0971. The molecule has 2 heteroatoms. The Morgan fingerprint density at radius 2 is 2.20 bits per heavy atom. The molecule has 1 aliphatic rings. The van der Waals surface area contributed by atoms with Crippen molar-refractivity contribution in [2.45, 2.75) is 44.6 Å². The fourth-order valence-corrected chi connectivity index (χ4v) is 2.99. The van der Waals surface area contributed by atoms with Crippen LogP contribution in [0.15, 0.2) is 29.2 Å². The molecule has 82 valence electrons. The van der Waals surface area contributed by atoms with Gasteiger partial charge in [0, 0.05) is 4.88 Å². The lowest BCUT2D eigenvalue weighted by atomic mass is 9.90. The van der Waals surface area contributed by atoms with Crippen molar-refractivity contribution in [3.63, 3.8) is 0 Å². The first-order valence-electron chi connectivity index (χ1n) is 5.67. The average molecular weight is 222 g/mol. The molecule has 1 N–H and O–H groups in total. The van der Waals surface area contributed by atoms with Crippen LogP contribution >= 0.6 is 11.3 Å². The average Bonchev–Trinajstić information content (AvgIpc) is 2.61. The summed E-state index contributed by atoms with van der Waals surface area (Å²) in [5.41, 5.74) is 0.473. The fourth-order valence-electron chi connectivity index (χ4n) is 2.17. The molecule has 1 nitrogen and oxygen atoms in total. The van der Waals surface area contributed by atoms with Crippen LogP contribution < -0.4 is 0 Å². The van der Waals surface area contributed by atoms with Crippen molar-refractivity contribution in [1.82, 2.24) is 0 Å². The second-order valence-electron chi connectivity index (χ2n) is 4.38. The van der Waals surface area contributed by atoms with Gasteiger partial charge in [0.15, 0.2) is 0 Å². The molecule has 0 amide bonds. The zero-order chi connectivity index (χ0) is 10.7. The van der Waals surface area contributed by atoms with Crippen molar-refractivity contribution in [2.24, 2.45) is 0 Å². The molecular formula is C13H18OS. The van der Waals surface area contributed by atoms with Crippen molar-refractivity contribution in [1.29, 1.82) is 0 Å². The first kappa shape index (κ1) is 10.9. The number of allylic oxidation sites excluding steroid dienone is 1. The first-order valence-corrected chi connectivity index (χ1v) is 6.55. The van der Waals surface area contributed by atoms with Gasteiger partial charge in [-0.2, -0.15) is 0 Å². The van der Waals surface area contributed by atoms with Gasteiger partial charge in [0.05, 0.1) is 0 Å². The maximum atomic E-state index is 10.6. The highest BCUT2D eigenvalue weighted by atomic mass is 32.1. The molecule has 1 aromatic heterocycles. The zero-order valence-corrected chi connectivity index (χ0v) is 10.0. The Balaban J connectivity index is 2.24. The second-order valence-corrected chi connectivity index (χ2v) is 5.33. The summed E-state index contributed by atoms with van der Waals surface area (Å²) in [5.74, 6) is 0. The number of aliphatic hydroxyl groups is 1. The van der Waals surface area contributed by atoms with Gasteiger partial charge in [0.25, 0.3) is 0 Å². The molecule has 0 bridgehead atoms. The highest BCUT2D eigenvalue weighted by Crippen LogP contribution is 2.36. The summed E-state index contributed by atoms with van der Waals surface area (Å²) in [5, 5.41) is 12.6. The summed E-state index contributed by atoms with van der Waals surface area (Å²) in [4.78, 5) is 1.07. The van der Waals surface area contributed by atoms with E-state index in [9.17, 15) is 5.11 Å². The van der Waals surface area contributed by atoms with E-state index >= 15 is 0 Å². The molecule has 1 aliphatic carbocycles. The third kappa shape index (κ3) is 2.32. The summed E-state index contributed by atoms with van der Waals surface area (Å²) < 4.78 is 0. The van der Waals surface area contributed by atoms with Crippen molar-refractivity contribution in [3.05, 3.63) is 34.0 Å². The van der Waals surface area contributed by atoms with Crippen LogP contribution in [-0.2, 0) is 5.60 Å². The second kappa shape index (κ2) is 4.50. The Hall–Kier alpha value is -0.600. The number of hydrogen-bond acceptors (Lipinski definition) is 2. The van der Waals surface area contributed by atoms with E-state index in [0.717, 1.165) is 17.7 Å². The standard InChI is InChI=1S/C13H18OS/c1-13(14,12-9-6-10-15-12)11-7-4-2-3-5-8-11/h6-7,9-10,14H,2-5,8H2,1H3. The SMILES string of the molecule is CC(O)(C1=CCCCCC1)c1cccs1. The summed E-state index contributed by atoms with van der Waals surface area (Å²) in [6.07, 6.45) is 8.19. The number of hydrogen-bond donors (Lipinski definition) is 1.